The lowest BCUT2D eigenvalue weighted by atomic mass is 10.0. The molecule has 0 atom stereocenters. The predicted molar refractivity (Wildman–Crippen MR) is 141 cm³/mol. The van der Waals surface area contributed by atoms with E-state index in [0.29, 0.717) is 17.2 Å². The molecule has 1 aromatic heterocycles. The van der Waals surface area contributed by atoms with Crippen LogP contribution in [-0.2, 0) is 35.5 Å². The maximum Gasteiger partial charge on any atom is 0.341 e. The fourth-order valence-corrected chi connectivity index (χ4v) is 6.02. The summed E-state index contributed by atoms with van der Waals surface area (Å²) in [6.45, 7) is 4.56. The summed E-state index contributed by atoms with van der Waals surface area (Å²) in [6.07, 6.45) is 0.998. The highest BCUT2D eigenvalue weighted by atomic mass is 32.1. The number of nitrogens with zero attached hydrogens (tertiary/aromatic N) is 1. The number of carbonyl (C=O) groups is 2. The van der Waals surface area contributed by atoms with E-state index >= 15 is 0 Å². The van der Waals surface area contributed by atoms with Crippen molar-refractivity contribution >= 4 is 39.0 Å². The first-order chi connectivity index (χ1) is 17.1. The zero-order valence-corrected chi connectivity index (χ0v) is 20.6. The van der Waals surface area contributed by atoms with E-state index in [2.05, 4.69) is 34.5 Å². The zero-order chi connectivity index (χ0) is 24.2. The number of amides is 1. The Kier molecular flexibility index (Phi) is 6.93. The normalized spacial score (nSPS) is 13.4. The van der Waals surface area contributed by atoms with E-state index in [1.165, 1.54) is 16.9 Å². The van der Waals surface area contributed by atoms with Gasteiger partial charge < -0.3 is 10.1 Å². The topological polar surface area (TPSA) is 58.6 Å². The van der Waals surface area contributed by atoms with Crippen molar-refractivity contribution in [3.8, 4) is 0 Å². The summed E-state index contributed by atoms with van der Waals surface area (Å²) in [6, 6.07) is 24.5. The minimum atomic E-state index is -0.359. The number of esters is 1. The van der Waals surface area contributed by atoms with Gasteiger partial charge in [0.25, 0.3) is 0 Å². The van der Waals surface area contributed by atoms with Crippen LogP contribution in [0.3, 0.4) is 0 Å². The van der Waals surface area contributed by atoms with Gasteiger partial charge in [-0.15, -0.1) is 11.3 Å². The average molecular weight is 485 g/mol. The molecule has 1 N–H and O–H groups in total. The molecule has 0 bridgehead atoms. The second kappa shape index (κ2) is 10.4. The summed E-state index contributed by atoms with van der Waals surface area (Å²) in [5.41, 5.74) is 3.77. The second-order valence-corrected chi connectivity index (χ2v) is 9.84. The number of nitrogens with one attached hydrogen (secondary N) is 1. The van der Waals surface area contributed by atoms with Crippen LogP contribution in [0.25, 0.3) is 10.8 Å². The van der Waals surface area contributed by atoms with E-state index in [1.54, 1.807) is 6.92 Å². The quantitative estimate of drug-likeness (QED) is 0.336. The second-order valence-electron chi connectivity index (χ2n) is 8.74. The number of ether oxygens (including phenoxy) is 1. The van der Waals surface area contributed by atoms with Crippen molar-refractivity contribution < 1.29 is 14.3 Å². The van der Waals surface area contributed by atoms with Crippen LogP contribution in [0, 0.1) is 0 Å². The Morgan fingerprint density at radius 2 is 1.77 bits per heavy atom. The molecular formula is C29H28N2O3S. The summed E-state index contributed by atoms with van der Waals surface area (Å²) in [4.78, 5) is 29.5. The molecule has 3 aromatic carbocycles. The van der Waals surface area contributed by atoms with Gasteiger partial charge in [0, 0.05) is 24.5 Å². The third kappa shape index (κ3) is 5.14. The van der Waals surface area contributed by atoms with Crippen molar-refractivity contribution in [1.82, 2.24) is 4.90 Å². The van der Waals surface area contributed by atoms with Crippen LogP contribution in [0.15, 0.2) is 72.8 Å². The van der Waals surface area contributed by atoms with Crippen molar-refractivity contribution in [2.45, 2.75) is 32.9 Å². The van der Waals surface area contributed by atoms with E-state index in [9.17, 15) is 9.59 Å². The smallest absolute Gasteiger partial charge is 0.341 e. The third-order valence-corrected chi connectivity index (χ3v) is 7.48. The summed E-state index contributed by atoms with van der Waals surface area (Å²) in [5, 5.41) is 5.82. The van der Waals surface area contributed by atoms with Crippen LogP contribution in [0.4, 0.5) is 5.00 Å². The van der Waals surface area contributed by atoms with Crippen molar-refractivity contribution in [3.63, 3.8) is 0 Å². The zero-order valence-electron chi connectivity index (χ0n) is 19.8. The molecule has 0 saturated carbocycles. The maximum atomic E-state index is 13.1. The van der Waals surface area contributed by atoms with Crippen LogP contribution >= 0.6 is 11.3 Å². The molecule has 1 amide bonds. The van der Waals surface area contributed by atoms with Gasteiger partial charge in [-0.3, -0.25) is 9.69 Å². The Bertz CT molecular complexity index is 1360. The minimum Gasteiger partial charge on any atom is -0.462 e. The van der Waals surface area contributed by atoms with Crippen LogP contribution in [0.1, 0.15) is 38.8 Å². The Morgan fingerprint density at radius 1 is 1.00 bits per heavy atom. The predicted octanol–water partition coefficient (Wildman–Crippen LogP) is 5.82. The minimum absolute atomic E-state index is 0.133. The molecule has 5 nitrogen and oxygen atoms in total. The number of anilines is 1. The molecule has 35 heavy (non-hydrogen) atoms. The van der Waals surface area contributed by atoms with E-state index in [-0.39, 0.29) is 18.3 Å². The lowest BCUT2D eigenvalue weighted by Crippen LogP contribution is -2.30. The van der Waals surface area contributed by atoms with E-state index < -0.39 is 0 Å². The number of fused-ring (bicyclic) bond motifs is 2. The molecule has 0 fully saturated rings. The van der Waals surface area contributed by atoms with Gasteiger partial charge in [-0.2, -0.15) is 0 Å². The molecule has 178 valence electrons. The summed E-state index contributed by atoms with van der Waals surface area (Å²) < 4.78 is 5.38. The van der Waals surface area contributed by atoms with E-state index in [4.69, 9.17) is 4.74 Å². The van der Waals surface area contributed by atoms with Gasteiger partial charge in [-0.25, -0.2) is 4.79 Å². The monoisotopic (exact) mass is 484 g/mol. The standard InChI is InChI=1S/C29H28N2O3S/c1-2-34-29(33)27-24-15-16-31(18-20-9-4-3-5-10-20)19-25(24)35-28(27)30-26(32)17-22-13-8-12-21-11-6-7-14-23(21)22/h3-14H,2,15-19H2,1H3,(H,30,32). The Morgan fingerprint density at radius 3 is 2.60 bits per heavy atom. The van der Waals surface area contributed by atoms with Crippen molar-refractivity contribution in [2.24, 2.45) is 0 Å². The fraction of sp³-hybridized carbons (Fsp3) is 0.241. The van der Waals surface area contributed by atoms with Crippen molar-refractivity contribution in [3.05, 3.63) is 99.9 Å². The van der Waals surface area contributed by atoms with Crippen LogP contribution in [0.5, 0.6) is 0 Å². The van der Waals surface area contributed by atoms with Crippen LogP contribution in [-0.4, -0.2) is 29.9 Å². The lowest BCUT2D eigenvalue weighted by Gasteiger charge is -2.27. The molecule has 0 radical (unpaired) electrons. The number of hydrogen-bond acceptors (Lipinski definition) is 5. The first-order valence-corrected chi connectivity index (χ1v) is 12.8. The van der Waals surface area contributed by atoms with E-state index in [1.807, 2.05) is 48.5 Å². The molecule has 0 aliphatic carbocycles. The molecule has 1 aliphatic heterocycles. The molecule has 0 unspecified atom stereocenters. The van der Waals surface area contributed by atoms with Gasteiger partial charge >= 0.3 is 5.97 Å². The van der Waals surface area contributed by atoms with Gasteiger partial charge in [0.1, 0.15) is 5.00 Å². The van der Waals surface area contributed by atoms with E-state index in [0.717, 1.165) is 52.8 Å². The number of rotatable bonds is 7. The van der Waals surface area contributed by atoms with Gasteiger partial charge in [0.05, 0.1) is 18.6 Å². The summed E-state index contributed by atoms with van der Waals surface area (Å²) >= 11 is 1.50. The molecule has 0 saturated heterocycles. The summed E-state index contributed by atoms with van der Waals surface area (Å²) in [7, 11) is 0. The highest BCUT2D eigenvalue weighted by molar-refractivity contribution is 7.17. The molecule has 0 spiro atoms. The number of benzene rings is 3. The molecule has 4 aromatic rings. The molecule has 6 heteroatoms. The van der Waals surface area contributed by atoms with Gasteiger partial charge in [-0.1, -0.05) is 72.8 Å². The first-order valence-electron chi connectivity index (χ1n) is 12.0. The van der Waals surface area contributed by atoms with Gasteiger partial charge in [-0.05, 0) is 40.8 Å². The summed E-state index contributed by atoms with van der Waals surface area (Å²) in [5.74, 6) is -0.492. The molecular weight excluding hydrogens is 456 g/mol. The number of hydrogen-bond donors (Lipinski definition) is 1. The third-order valence-electron chi connectivity index (χ3n) is 6.35. The lowest BCUT2D eigenvalue weighted by molar-refractivity contribution is -0.115. The fourth-order valence-electron chi connectivity index (χ4n) is 4.73. The van der Waals surface area contributed by atoms with Crippen molar-refractivity contribution in [2.75, 3.05) is 18.5 Å². The molecule has 1 aliphatic rings. The Balaban J connectivity index is 1.38. The van der Waals surface area contributed by atoms with Crippen molar-refractivity contribution in [1.29, 1.82) is 0 Å². The average Bonchev–Trinajstić information content (AvgIpc) is 3.22. The number of carbonyl (C=O) groups excluding carboxylic acids is 2. The Labute approximate surface area is 209 Å². The highest BCUT2D eigenvalue weighted by Gasteiger charge is 2.29. The highest BCUT2D eigenvalue weighted by Crippen LogP contribution is 2.38. The molecule has 5 rings (SSSR count). The molecule has 2 heterocycles. The SMILES string of the molecule is CCOC(=O)c1c(NC(=O)Cc2cccc3ccccc23)sc2c1CCN(Cc1ccccc1)C2. The van der Waals surface area contributed by atoms with Gasteiger partial charge in [0.2, 0.25) is 5.91 Å². The maximum absolute atomic E-state index is 13.1. The first kappa shape index (κ1) is 23.3. The van der Waals surface area contributed by atoms with Crippen LogP contribution < -0.4 is 5.32 Å². The van der Waals surface area contributed by atoms with Gasteiger partial charge in [0.15, 0.2) is 0 Å². The van der Waals surface area contributed by atoms with Crippen LogP contribution in [0.2, 0.25) is 0 Å². The number of thiophene rings is 1. The largest absolute Gasteiger partial charge is 0.462 e. The Hall–Kier alpha value is -3.48.